The van der Waals surface area contributed by atoms with Crippen molar-refractivity contribution in [2.24, 2.45) is 5.92 Å². The van der Waals surface area contributed by atoms with Crippen LogP contribution in [0.4, 0.5) is 0 Å². The van der Waals surface area contributed by atoms with Crippen molar-refractivity contribution in [1.82, 2.24) is 9.47 Å². The first kappa shape index (κ1) is 17.9. The van der Waals surface area contributed by atoms with Gasteiger partial charge >= 0.3 is 0 Å². The molecule has 2 bridgehead atoms. The number of amides is 1. The van der Waals surface area contributed by atoms with Gasteiger partial charge in [-0.15, -0.1) is 0 Å². The van der Waals surface area contributed by atoms with Gasteiger partial charge in [-0.05, 0) is 54.7 Å². The van der Waals surface area contributed by atoms with Crippen molar-refractivity contribution in [2.75, 3.05) is 13.1 Å². The zero-order chi connectivity index (χ0) is 20.0. The molecule has 5 rings (SSSR count). The summed E-state index contributed by atoms with van der Waals surface area (Å²) in [5.74, 6) is 0.625. The van der Waals surface area contributed by atoms with Crippen LogP contribution in [0.3, 0.4) is 0 Å². The van der Waals surface area contributed by atoms with Crippen LogP contribution in [0.1, 0.15) is 34.0 Å². The number of carbonyl (C=O) groups is 1. The van der Waals surface area contributed by atoms with Crippen molar-refractivity contribution in [2.45, 2.75) is 25.8 Å². The van der Waals surface area contributed by atoms with E-state index in [0.717, 1.165) is 34.4 Å². The summed E-state index contributed by atoms with van der Waals surface area (Å²) in [4.78, 5) is 28.2. The van der Waals surface area contributed by atoms with Gasteiger partial charge in [-0.3, -0.25) is 9.59 Å². The van der Waals surface area contributed by atoms with E-state index < -0.39 is 0 Å². The van der Waals surface area contributed by atoms with E-state index in [1.54, 1.807) is 0 Å². The lowest BCUT2D eigenvalue weighted by Gasteiger charge is -2.43. The van der Waals surface area contributed by atoms with Crippen molar-refractivity contribution >= 4 is 5.91 Å². The molecular weight excluding hydrogens is 360 g/mol. The lowest BCUT2D eigenvalue weighted by atomic mass is 9.82. The van der Waals surface area contributed by atoms with Gasteiger partial charge in [-0.1, -0.05) is 42.5 Å². The van der Waals surface area contributed by atoms with E-state index in [1.807, 2.05) is 77.1 Å². The minimum atomic E-state index is 0.0904. The fourth-order valence-electron chi connectivity index (χ4n) is 4.96. The molecule has 0 saturated carbocycles. The number of nitrogens with zero attached hydrogens (tertiary/aromatic N) is 2. The second-order valence-corrected chi connectivity index (χ2v) is 8.28. The average molecular weight is 384 g/mol. The summed E-state index contributed by atoms with van der Waals surface area (Å²) < 4.78 is 1.96. The molecule has 2 atom stereocenters. The third kappa shape index (κ3) is 3.09. The third-order valence-electron chi connectivity index (χ3n) is 6.35. The standard InChI is InChI=1S/C25H24N2O2/c1-17-7-5-6-10-21(17)22-11-12-23-20-13-18(15-27(23)25(22)29)14-26(16-20)24(28)19-8-3-2-4-9-19/h2-12,18,20H,13-16H2,1H3/t18-,20-/m1/s1. The van der Waals surface area contributed by atoms with Gasteiger partial charge in [-0.2, -0.15) is 0 Å². The molecule has 1 amide bonds. The lowest BCUT2D eigenvalue weighted by molar-refractivity contribution is 0.0594. The van der Waals surface area contributed by atoms with Crippen LogP contribution < -0.4 is 5.56 Å². The van der Waals surface area contributed by atoms with Gasteiger partial charge in [0.15, 0.2) is 0 Å². The molecule has 4 nitrogen and oxygen atoms in total. The van der Waals surface area contributed by atoms with Gasteiger partial charge in [-0.25, -0.2) is 0 Å². The monoisotopic (exact) mass is 384 g/mol. The fraction of sp³-hybridized carbons (Fsp3) is 0.280. The molecule has 29 heavy (non-hydrogen) atoms. The van der Waals surface area contributed by atoms with Gasteiger partial charge in [0.2, 0.25) is 0 Å². The zero-order valence-electron chi connectivity index (χ0n) is 16.5. The summed E-state index contributed by atoms with van der Waals surface area (Å²) in [7, 11) is 0. The van der Waals surface area contributed by atoms with E-state index in [0.29, 0.717) is 25.6 Å². The van der Waals surface area contributed by atoms with E-state index in [9.17, 15) is 9.59 Å². The Morgan fingerprint density at radius 2 is 1.62 bits per heavy atom. The topological polar surface area (TPSA) is 42.3 Å². The number of hydrogen-bond donors (Lipinski definition) is 0. The highest BCUT2D eigenvalue weighted by molar-refractivity contribution is 5.94. The minimum Gasteiger partial charge on any atom is -0.338 e. The van der Waals surface area contributed by atoms with E-state index in [4.69, 9.17) is 0 Å². The predicted molar refractivity (Wildman–Crippen MR) is 114 cm³/mol. The number of fused-ring (bicyclic) bond motifs is 4. The number of benzene rings is 2. The molecule has 146 valence electrons. The summed E-state index contributed by atoms with van der Waals surface area (Å²) >= 11 is 0. The van der Waals surface area contributed by atoms with E-state index in [-0.39, 0.29) is 17.4 Å². The van der Waals surface area contributed by atoms with Crippen LogP contribution in [0.15, 0.2) is 71.5 Å². The molecule has 0 radical (unpaired) electrons. The summed E-state index contributed by atoms with van der Waals surface area (Å²) in [6.07, 6.45) is 1.04. The van der Waals surface area contributed by atoms with Crippen LogP contribution in [0.5, 0.6) is 0 Å². The van der Waals surface area contributed by atoms with Gasteiger partial charge in [0.25, 0.3) is 11.5 Å². The van der Waals surface area contributed by atoms with Crippen LogP contribution in [-0.2, 0) is 6.54 Å². The summed E-state index contributed by atoms with van der Waals surface area (Å²) in [6.45, 7) is 4.11. The van der Waals surface area contributed by atoms with E-state index >= 15 is 0 Å². The first-order valence-corrected chi connectivity index (χ1v) is 10.3. The Balaban J connectivity index is 1.49. The van der Waals surface area contributed by atoms with Crippen LogP contribution >= 0.6 is 0 Å². The van der Waals surface area contributed by atoms with Crippen LogP contribution in [0, 0.1) is 12.8 Å². The smallest absolute Gasteiger partial charge is 0.258 e. The maximum absolute atomic E-state index is 13.3. The Morgan fingerprint density at radius 1 is 0.862 bits per heavy atom. The molecular formula is C25H24N2O2. The normalized spacial score (nSPS) is 20.2. The fourth-order valence-corrected chi connectivity index (χ4v) is 4.96. The number of rotatable bonds is 2. The molecule has 1 aromatic heterocycles. The maximum Gasteiger partial charge on any atom is 0.258 e. The molecule has 0 spiro atoms. The van der Waals surface area contributed by atoms with Gasteiger partial charge in [0.05, 0.1) is 0 Å². The highest BCUT2D eigenvalue weighted by Gasteiger charge is 2.36. The number of hydrogen-bond acceptors (Lipinski definition) is 2. The van der Waals surface area contributed by atoms with E-state index in [1.165, 1.54) is 0 Å². The Bertz CT molecular complexity index is 1130. The van der Waals surface area contributed by atoms with Gasteiger partial charge < -0.3 is 9.47 Å². The quantitative estimate of drug-likeness (QED) is 0.668. The number of pyridine rings is 1. The molecule has 3 aromatic rings. The lowest BCUT2D eigenvalue weighted by Crippen LogP contribution is -2.49. The summed E-state index contributed by atoms with van der Waals surface area (Å²) in [6, 6.07) is 21.6. The van der Waals surface area contributed by atoms with Crippen molar-refractivity contribution in [3.05, 3.63) is 93.9 Å². The molecule has 2 aliphatic heterocycles. The Labute approximate surface area is 170 Å². The second kappa shape index (κ2) is 7.03. The highest BCUT2D eigenvalue weighted by Crippen LogP contribution is 2.36. The maximum atomic E-state index is 13.3. The Kier molecular flexibility index (Phi) is 4.35. The summed E-state index contributed by atoms with van der Waals surface area (Å²) in [5.41, 5.74) is 4.78. The molecule has 1 fully saturated rings. The molecule has 2 aromatic carbocycles. The molecule has 3 heterocycles. The Morgan fingerprint density at radius 3 is 2.41 bits per heavy atom. The van der Waals surface area contributed by atoms with Crippen molar-refractivity contribution in [1.29, 1.82) is 0 Å². The van der Waals surface area contributed by atoms with Gasteiger partial charge in [0, 0.05) is 42.4 Å². The number of likely N-dealkylation sites (tertiary alicyclic amines) is 1. The summed E-state index contributed by atoms with van der Waals surface area (Å²) in [5, 5.41) is 0. The number of piperidine rings is 1. The first-order chi connectivity index (χ1) is 14.1. The van der Waals surface area contributed by atoms with Crippen LogP contribution in [0.25, 0.3) is 11.1 Å². The average Bonchev–Trinajstić information content (AvgIpc) is 2.75. The number of aryl methyl sites for hydroxylation is 1. The van der Waals surface area contributed by atoms with Crippen LogP contribution in [0.2, 0.25) is 0 Å². The number of carbonyl (C=O) groups excluding carboxylic acids is 1. The first-order valence-electron chi connectivity index (χ1n) is 10.3. The highest BCUT2D eigenvalue weighted by atomic mass is 16.2. The second-order valence-electron chi connectivity index (χ2n) is 8.28. The Hall–Kier alpha value is -3.14. The molecule has 2 aliphatic rings. The third-order valence-corrected chi connectivity index (χ3v) is 6.35. The predicted octanol–water partition coefficient (Wildman–Crippen LogP) is 4.08. The van der Waals surface area contributed by atoms with Crippen molar-refractivity contribution in [3.63, 3.8) is 0 Å². The minimum absolute atomic E-state index is 0.0904. The van der Waals surface area contributed by atoms with Gasteiger partial charge in [0.1, 0.15) is 0 Å². The molecule has 1 saturated heterocycles. The molecule has 0 N–H and O–H groups in total. The molecule has 4 heteroatoms. The number of aromatic nitrogens is 1. The van der Waals surface area contributed by atoms with Crippen LogP contribution in [-0.4, -0.2) is 28.5 Å². The largest absolute Gasteiger partial charge is 0.338 e. The SMILES string of the molecule is Cc1ccccc1-c1ccc2n(c1=O)C[C@@H]1C[C@@H]2CN(C(=O)c2ccccc2)C1. The molecule has 0 aliphatic carbocycles. The van der Waals surface area contributed by atoms with E-state index in [2.05, 4.69) is 6.07 Å². The van der Waals surface area contributed by atoms with Crippen molar-refractivity contribution in [3.8, 4) is 11.1 Å². The zero-order valence-corrected chi connectivity index (χ0v) is 16.5. The van der Waals surface area contributed by atoms with Crippen molar-refractivity contribution < 1.29 is 4.79 Å². The molecule has 0 unspecified atom stereocenters.